The number of ether oxygens (including phenoxy) is 3. The molecule has 5 nitrogen and oxygen atoms in total. The predicted octanol–water partition coefficient (Wildman–Crippen LogP) is 4.88. The lowest BCUT2D eigenvalue weighted by Gasteiger charge is -2.23. The molecule has 0 saturated heterocycles. The van der Waals surface area contributed by atoms with Gasteiger partial charge in [0.1, 0.15) is 6.61 Å². The van der Waals surface area contributed by atoms with Crippen LogP contribution in [0.15, 0.2) is 42.5 Å². The van der Waals surface area contributed by atoms with Gasteiger partial charge in [0.25, 0.3) is 5.91 Å². The number of rotatable bonds is 8. The minimum atomic E-state index is -0.0828. The van der Waals surface area contributed by atoms with Crippen LogP contribution in [0.4, 0.5) is 0 Å². The van der Waals surface area contributed by atoms with Crippen molar-refractivity contribution >= 4 is 27.9 Å². The summed E-state index contributed by atoms with van der Waals surface area (Å²) in [5, 5.41) is 0.681. The van der Waals surface area contributed by atoms with Gasteiger partial charge in [-0.1, -0.05) is 58.4 Å². The molecule has 6 heteroatoms. The molecule has 1 heterocycles. The maximum absolute atomic E-state index is 13.3. The zero-order valence-corrected chi connectivity index (χ0v) is 17.7. The summed E-state index contributed by atoms with van der Waals surface area (Å²) in [5.74, 6) is 1.43. The molecule has 0 radical (unpaired) electrons. The fourth-order valence-corrected chi connectivity index (χ4v) is 3.28. The molecule has 0 aromatic heterocycles. The lowest BCUT2D eigenvalue weighted by Crippen LogP contribution is -2.31. The van der Waals surface area contributed by atoms with E-state index in [2.05, 4.69) is 15.9 Å². The third-order valence-corrected chi connectivity index (χ3v) is 4.90. The van der Waals surface area contributed by atoms with Crippen molar-refractivity contribution in [3.63, 3.8) is 0 Å². The quantitative estimate of drug-likeness (QED) is 0.543. The van der Waals surface area contributed by atoms with Gasteiger partial charge < -0.3 is 19.1 Å². The summed E-state index contributed by atoms with van der Waals surface area (Å²) >= 11 is 3.40. The molecule has 0 aliphatic carbocycles. The maximum Gasteiger partial charge on any atom is 0.258 e. The second-order valence-electron chi connectivity index (χ2n) is 6.21. The van der Waals surface area contributed by atoms with Crippen LogP contribution in [0.2, 0.25) is 0 Å². The van der Waals surface area contributed by atoms with E-state index in [1.54, 1.807) is 4.90 Å². The third-order valence-electron chi connectivity index (χ3n) is 4.53. The lowest BCUT2D eigenvalue weighted by molar-refractivity contribution is 0.0766. The van der Waals surface area contributed by atoms with Gasteiger partial charge in [0.15, 0.2) is 11.5 Å². The summed E-state index contributed by atoms with van der Waals surface area (Å²) in [4.78, 5) is 15.1. The van der Waals surface area contributed by atoms with E-state index in [-0.39, 0.29) is 12.7 Å². The molecule has 0 spiro atoms. The molecule has 0 N–H and O–H groups in total. The normalized spacial score (nSPS) is 12.4. The highest BCUT2D eigenvalue weighted by Gasteiger charge is 2.30. The number of benzene rings is 2. The van der Waals surface area contributed by atoms with Crippen molar-refractivity contribution in [2.24, 2.45) is 0 Å². The first-order chi connectivity index (χ1) is 13.7. The first-order valence-corrected chi connectivity index (χ1v) is 10.5. The summed E-state index contributed by atoms with van der Waals surface area (Å²) in [6.07, 6.45) is 3.85. The van der Waals surface area contributed by atoms with Gasteiger partial charge >= 0.3 is 0 Å². The van der Waals surface area contributed by atoms with E-state index in [1.165, 1.54) is 0 Å². The molecule has 28 heavy (non-hydrogen) atoms. The molecule has 0 saturated carbocycles. The first-order valence-electron chi connectivity index (χ1n) is 9.34. The van der Waals surface area contributed by atoms with Crippen molar-refractivity contribution in [3.05, 3.63) is 59.2 Å². The number of hydrogen-bond donors (Lipinski definition) is 0. The van der Waals surface area contributed by atoms with E-state index in [4.69, 9.17) is 14.2 Å². The fourth-order valence-electron chi connectivity index (χ4n) is 3.09. The van der Waals surface area contributed by atoms with E-state index in [0.29, 0.717) is 47.8 Å². The van der Waals surface area contributed by atoms with E-state index in [0.717, 1.165) is 11.1 Å². The highest BCUT2D eigenvalue weighted by atomic mass is 79.9. The van der Waals surface area contributed by atoms with Gasteiger partial charge in [0, 0.05) is 18.4 Å². The summed E-state index contributed by atoms with van der Waals surface area (Å²) < 4.78 is 17.4. The Labute approximate surface area is 174 Å². The Morgan fingerprint density at radius 1 is 1.21 bits per heavy atom. The molecule has 1 amide bonds. The number of fused-ring (bicyclic) bond motifs is 1. The standard InChI is InChI=1S/C22H24BrNO4/c1-3-24(4-2)22(25)19-17(11-8-12-23)13-18-20(28-15-27-18)21(19)26-14-16-9-6-5-7-10-16/h5-11,13H,3-4,12,14-15H2,1-2H3/b11-8+. The van der Waals surface area contributed by atoms with Crippen molar-refractivity contribution in [3.8, 4) is 17.2 Å². The van der Waals surface area contributed by atoms with Crippen LogP contribution >= 0.6 is 15.9 Å². The molecule has 0 bridgehead atoms. The summed E-state index contributed by atoms with van der Waals surface area (Å²) in [7, 11) is 0. The van der Waals surface area contributed by atoms with Crippen LogP contribution in [-0.2, 0) is 6.61 Å². The van der Waals surface area contributed by atoms with Crippen LogP contribution in [-0.4, -0.2) is 36.0 Å². The van der Waals surface area contributed by atoms with Crippen LogP contribution in [0.25, 0.3) is 6.08 Å². The van der Waals surface area contributed by atoms with Crippen molar-refractivity contribution in [1.29, 1.82) is 0 Å². The molecule has 2 aromatic rings. The summed E-state index contributed by atoms with van der Waals surface area (Å²) in [6.45, 7) is 5.61. The van der Waals surface area contributed by atoms with Gasteiger partial charge in [0.05, 0.1) is 5.56 Å². The SMILES string of the molecule is CCN(CC)C(=O)c1c(/C=C/CBr)cc2c(c1OCc1ccccc1)OCO2. The van der Waals surface area contributed by atoms with Gasteiger partial charge in [0.2, 0.25) is 12.5 Å². The molecular weight excluding hydrogens is 422 g/mol. The average Bonchev–Trinajstić information content (AvgIpc) is 3.20. The molecule has 1 aliphatic heterocycles. The fraction of sp³-hybridized carbons (Fsp3) is 0.318. The zero-order chi connectivity index (χ0) is 19.9. The van der Waals surface area contributed by atoms with Crippen molar-refractivity contribution in [2.45, 2.75) is 20.5 Å². The van der Waals surface area contributed by atoms with Crippen LogP contribution in [0.1, 0.15) is 35.3 Å². The lowest BCUT2D eigenvalue weighted by atomic mass is 10.0. The number of halogens is 1. The van der Waals surface area contributed by atoms with Crippen molar-refractivity contribution in [1.82, 2.24) is 4.90 Å². The minimum Gasteiger partial charge on any atom is -0.484 e. The Hall–Kier alpha value is -2.47. The molecule has 148 valence electrons. The Morgan fingerprint density at radius 2 is 1.96 bits per heavy atom. The molecular formula is C22H24BrNO4. The number of nitrogens with zero attached hydrogens (tertiary/aromatic N) is 1. The number of carbonyl (C=O) groups excluding carboxylic acids is 1. The summed E-state index contributed by atoms with van der Waals surface area (Å²) in [5.41, 5.74) is 2.27. The van der Waals surface area contributed by atoms with Gasteiger partial charge in [-0.3, -0.25) is 4.79 Å². The van der Waals surface area contributed by atoms with Crippen molar-refractivity contribution in [2.75, 3.05) is 25.2 Å². The van der Waals surface area contributed by atoms with E-state index in [9.17, 15) is 4.79 Å². The number of allylic oxidation sites excluding steroid dienone is 1. The number of amides is 1. The van der Waals surface area contributed by atoms with E-state index in [1.807, 2.05) is 62.4 Å². The Morgan fingerprint density at radius 3 is 2.64 bits per heavy atom. The second kappa shape index (κ2) is 9.64. The molecule has 2 aromatic carbocycles. The Bertz CT molecular complexity index is 847. The average molecular weight is 446 g/mol. The third kappa shape index (κ3) is 4.33. The predicted molar refractivity (Wildman–Crippen MR) is 113 cm³/mol. The second-order valence-corrected chi connectivity index (χ2v) is 6.86. The minimum absolute atomic E-state index is 0.0828. The topological polar surface area (TPSA) is 48.0 Å². The highest BCUT2D eigenvalue weighted by molar-refractivity contribution is 9.09. The van der Waals surface area contributed by atoms with Crippen LogP contribution in [0, 0.1) is 0 Å². The van der Waals surface area contributed by atoms with E-state index >= 15 is 0 Å². The van der Waals surface area contributed by atoms with Gasteiger partial charge in [-0.25, -0.2) is 0 Å². The zero-order valence-electron chi connectivity index (χ0n) is 16.1. The highest BCUT2D eigenvalue weighted by Crippen LogP contribution is 2.46. The molecule has 0 atom stereocenters. The largest absolute Gasteiger partial charge is 0.484 e. The van der Waals surface area contributed by atoms with E-state index < -0.39 is 0 Å². The van der Waals surface area contributed by atoms with Gasteiger partial charge in [-0.15, -0.1) is 0 Å². The molecule has 1 aliphatic rings. The number of alkyl halides is 1. The molecule has 3 rings (SSSR count). The van der Waals surface area contributed by atoms with Gasteiger partial charge in [-0.2, -0.15) is 0 Å². The van der Waals surface area contributed by atoms with Crippen LogP contribution in [0.5, 0.6) is 17.2 Å². The summed E-state index contributed by atoms with van der Waals surface area (Å²) in [6, 6.07) is 11.7. The monoisotopic (exact) mass is 445 g/mol. The molecule has 0 fully saturated rings. The smallest absolute Gasteiger partial charge is 0.258 e. The van der Waals surface area contributed by atoms with Gasteiger partial charge in [-0.05, 0) is 31.0 Å². The Kier molecular flexibility index (Phi) is 6.98. The molecule has 0 unspecified atom stereocenters. The van der Waals surface area contributed by atoms with Crippen molar-refractivity contribution < 1.29 is 19.0 Å². The van der Waals surface area contributed by atoms with Crippen LogP contribution < -0.4 is 14.2 Å². The number of carbonyl (C=O) groups is 1. The number of hydrogen-bond acceptors (Lipinski definition) is 4. The van der Waals surface area contributed by atoms with Crippen LogP contribution in [0.3, 0.4) is 0 Å². The maximum atomic E-state index is 13.3. The Balaban J connectivity index is 2.09. The first kappa shape index (κ1) is 20.3.